The summed E-state index contributed by atoms with van der Waals surface area (Å²) in [5, 5.41) is 4.20. The van der Waals surface area contributed by atoms with Gasteiger partial charge < -0.3 is 4.43 Å². The molecule has 0 aliphatic carbocycles. The van der Waals surface area contributed by atoms with E-state index in [0.717, 1.165) is 6.20 Å². The first-order chi connectivity index (χ1) is 9.75. The zero-order chi connectivity index (χ0) is 17.3. The first-order valence-electron chi connectivity index (χ1n) is 7.06. The molecule has 1 aromatic heterocycles. The molecule has 1 rings (SSSR count). The number of primary sulfonamides is 1. The average Bonchev–Trinajstić information content (AvgIpc) is 2.34. The predicted molar refractivity (Wildman–Crippen MR) is 87.8 cm³/mol. The van der Waals surface area contributed by atoms with Crippen LogP contribution in [0.1, 0.15) is 39.5 Å². The average molecular weight is 349 g/mol. The molecule has 8 heteroatoms. The minimum Gasteiger partial charge on any atom is -0.407 e. The molecule has 5 nitrogen and oxygen atoms in total. The highest BCUT2D eigenvalue weighted by Crippen LogP contribution is 2.40. The third-order valence-electron chi connectivity index (χ3n) is 4.21. The molecule has 2 N–H and O–H groups in total. The molecule has 0 bridgehead atoms. The van der Waals surface area contributed by atoms with Crippen LogP contribution in [0.15, 0.2) is 18.3 Å². The van der Waals surface area contributed by atoms with Crippen LogP contribution in [0.2, 0.25) is 18.1 Å². The van der Waals surface area contributed by atoms with E-state index in [1.165, 1.54) is 19.1 Å². The molecule has 0 spiro atoms. The van der Waals surface area contributed by atoms with E-state index in [1.807, 2.05) is 13.1 Å². The van der Waals surface area contributed by atoms with E-state index in [1.54, 1.807) is 0 Å². The van der Waals surface area contributed by atoms with Gasteiger partial charge in [-0.15, -0.1) is 0 Å². The van der Waals surface area contributed by atoms with Crippen molar-refractivity contribution < 1.29 is 17.2 Å². The summed E-state index contributed by atoms with van der Waals surface area (Å²) in [5.41, 5.74) is 0.368. The van der Waals surface area contributed by atoms with Gasteiger partial charge in [-0.25, -0.2) is 17.9 Å². The minimum atomic E-state index is -3.81. The number of sulfonamides is 1. The summed E-state index contributed by atoms with van der Waals surface area (Å²) in [5.74, 6) is -0.488. The quantitative estimate of drug-likeness (QED) is 0.829. The molecule has 0 aliphatic heterocycles. The molecule has 2 atom stereocenters. The summed E-state index contributed by atoms with van der Waals surface area (Å²) < 4.78 is 42.8. The molecular weight excluding hydrogens is 323 g/mol. The van der Waals surface area contributed by atoms with Crippen LogP contribution in [0.3, 0.4) is 0 Å². The van der Waals surface area contributed by atoms with Crippen molar-refractivity contribution in [2.24, 2.45) is 5.14 Å². The van der Waals surface area contributed by atoms with Gasteiger partial charge >= 0.3 is 0 Å². The molecule has 0 aromatic carbocycles. The fourth-order valence-electron chi connectivity index (χ4n) is 1.62. The number of pyridine rings is 1. The number of hydrogen-bond acceptors (Lipinski definition) is 4. The van der Waals surface area contributed by atoms with E-state index in [2.05, 4.69) is 25.8 Å². The smallest absolute Gasteiger partial charge is 0.214 e. The number of rotatable bonds is 5. The summed E-state index contributed by atoms with van der Waals surface area (Å²) in [6.07, 6.45) is 0.226. The van der Waals surface area contributed by atoms with Crippen molar-refractivity contribution in [1.82, 2.24) is 4.98 Å². The standard InChI is InChI=1S/C14H25FN2O3SSi/c1-10(21(16,18)19)13(12-8-7-11(15)9-17-12)20-22(5,6)14(2,3)4/h7-10,13H,1-6H3,(H2,16,18,19)/t10-,13+/m1/s1. The minimum absolute atomic E-state index is 0.108. The second-order valence-electron chi connectivity index (χ2n) is 6.99. The maximum atomic E-state index is 13.1. The van der Waals surface area contributed by atoms with E-state index in [-0.39, 0.29) is 5.04 Å². The summed E-state index contributed by atoms with van der Waals surface area (Å²) in [4.78, 5) is 3.98. The molecule has 0 amide bonds. The molecule has 22 heavy (non-hydrogen) atoms. The van der Waals surface area contributed by atoms with E-state index in [4.69, 9.17) is 9.56 Å². The summed E-state index contributed by atoms with van der Waals surface area (Å²) in [6, 6.07) is 2.68. The van der Waals surface area contributed by atoms with E-state index >= 15 is 0 Å². The number of nitrogens with zero attached hydrogens (tertiary/aromatic N) is 1. The molecular formula is C14H25FN2O3SSi. The van der Waals surface area contributed by atoms with Crippen molar-refractivity contribution in [3.63, 3.8) is 0 Å². The Hall–Kier alpha value is -0.833. The molecule has 126 valence electrons. The molecule has 0 unspecified atom stereocenters. The third-order valence-corrected chi connectivity index (χ3v) is 9.95. The molecule has 0 saturated heterocycles. The van der Waals surface area contributed by atoms with Crippen molar-refractivity contribution in [3.05, 3.63) is 29.8 Å². The van der Waals surface area contributed by atoms with Crippen LogP contribution in [0.4, 0.5) is 4.39 Å². The molecule has 0 aliphatic rings. The van der Waals surface area contributed by atoms with Crippen molar-refractivity contribution >= 4 is 18.3 Å². The van der Waals surface area contributed by atoms with Gasteiger partial charge in [0.05, 0.1) is 11.9 Å². The Kier molecular flexibility index (Phi) is 5.54. The summed E-state index contributed by atoms with van der Waals surface area (Å²) >= 11 is 0. The van der Waals surface area contributed by atoms with Crippen LogP contribution in [-0.4, -0.2) is 27.0 Å². The van der Waals surface area contributed by atoms with E-state index in [0.29, 0.717) is 5.69 Å². The largest absolute Gasteiger partial charge is 0.407 e. The van der Waals surface area contributed by atoms with Crippen LogP contribution in [0, 0.1) is 5.82 Å². The lowest BCUT2D eigenvalue weighted by atomic mass is 10.2. The van der Waals surface area contributed by atoms with Gasteiger partial charge in [-0.3, -0.25) is 4.98 Å². The molecule has 1 aromatic rings. The van der Waals surface area contributed by atoms with Crippen LogP contribution in [0.25, 0.3) is 0 Å². The van der Waals surface area contributed by atoms with Gasteiger partial charge in [0.25, 0.3) is 0 Å². The van der Waals surface area contributed by atoms with Gasteiger partial charge in [-0.1, -0.05) is 20.8 Å². The van der Waals surface area contributed by atoms with Crippen molar-refractivity contribution in [2.45, 2.75) is 57.2 Å². The number of aromatic nitrogens is 1. The number of nitrogens with two attached hydrogens (primary N) is 1. The Morgan fingerprint density at radius 3 is 2.23 bits per heavy atom. The molecule has 0 fully saturated rings. The van der Waals surface area contributed by atoms with Crippen molar-refractivity contribution in [1.29, 1.82) is 0 Å². The van der Waals surface area contributed by atoms with Gasteiger partial charge in [0.1, 0.15) is 17.2 Å². The second-order valence-corrected chi connectivity index (χ2v) is 13.7. The zero-order valence-corrected chi connectivity index (χ0v) is 15.7. The lowest BCUT2D eigenvalue weighted by molar-refractivity contribution is 0.177. The number of halogens is 1. The third kappa shape index (κ3) is 4.58. The fourth-order valence-corrected chi connectivity index (χ4v) is 3.57. The van der Waals surface area contributed by atoms with E-state index in [9.17, 15) is 12.8 Å². The van der Waals surface area contributed by atoms with Crippen molar-refractivity contribution in [2.75, 3.05) is 0 Å². The molecule has 1 heterocycles. The second kappa shape index (κ2) is 6.35. The number of hydrogen-bond donors (Lipinski definition) is 1. The lowest BCUT2D eigenvalue weighted by Gasteiger charge is -2.40. The lowest BCUT2D eigenvalue weighted by Crippen LogP contribution is -2.45. The summed E-state index contributed by atoms with van der Waals surface area (Å²) in [7, 11) is -6.07. The van der Waals surface area contributed by atoms with Gasteiger partial charge in [0.15, 0.2) is 8.32 Å². The fraction of sp³-hybridized carbons (Fsp3) is 0.643. The Balaban J connectivity index is 3.27. The monoisotopic (exact) mass is 348 g/mol. The topological polar surface area (TPSA) is 82.3 Å². The first kappa shape index (κ1) is 19.2. The highest BCUT2D eigenvalue weighted by atomic mass is 32.2. The molecule has 0 radical (unpaired) electrons. The van der Waals surface area contributed by atoms with Gasteiger partial charge in [-0.05, 0) is 37.2 Å². The highest BCUT2D eigenvalue weighted by molar-refractivity contribution is 7.89. The van der Waals surface area contributed by atoms with Gasteiger partial charge in [0, 0.05) is 0 Å². The molecule has 0 saturated carbocycles. The predicted octanol–water partition coefficient (Wildman–Crippen LogP) is 2.96. The Bertz CT molecular complexity index is 612. The maximum absolute atomic E-state index is 13.1. The SMILES string of the molecule is C[C@H]([C@H](O[Si](C)(C)C(C)(C)C)c1ccc(F)cn1)S(N)(=O)=O. The van der Waals surface area contributed by atoms with E-state index < -0.39 is 35.5 Å². The Labute approximate surface area is 133 Å². The Morgan fingerprint density at radius 2 is 1.86 bits per heavy atom. The summed E-state index contributed by atoms with van der Waals surface area (Å²) in [6.45, 7) is 11.7. The van der Waals surface area contributed by atoms with Crippen LogP contribution >= 0.6 is 0 Å². The normalized spacial score (nSPS) is 16.4. The maximum Gasteiger partial charge on any atom is 0.214 e. The van der Waals surface area contributed by atoms with Crippen molar-refractivity contribution in [3.8, 4) is 0 Å². The van der Waals surface area contributed by atoms with Crippen LogP contribution in [0.5, 0.6) is 0 Å². The van der Waals surface area contributed by atoms with Gasteiger partial charge in [0.2, 0.25) is 10.0 Å². The Morgan fingerprint density at radius 1 is 1.32 bits per heavy atom. The highest BCUT2D eigenvalue weighted by Gasteiger charge is 2.42. The first-order valence-corrected chi connectivity index (χ1v) is 11.6. The van der Waals surface area contributed by atoms with Crippen LogP contribution < -0.4 is 5.14 Å². The van der Waals surface area contributed by atoms with Gasteiger partial charge in [-0.2, -0.15) is 0 Å². The van der Waals surface area contributed by atoms with Crippen LogP contribution in [-0.2, 0) is 14.4 Å². The zero-order valence-electron chi connectivity index (χ0n) is 13.9.